The summed E-state index contributed by atoms with van der Waals surface area (Å²) in [6, 6.07) is 19.3. The second kappa shape index (κ2) is 8.97. The monoisotopic (exact) mass is 425 g/mol. The highest BCUT2D eigenvalue weighted by Crippen LogP contribution is 2.20. The van der Waals surface area contributed by atoms with Crippen LogP contribution in [0.15, 0.2) is 88.9 Å². The number of sulfonamides is 1. The molecule has 0 amide bonds. The average Bonchev–Trinajstić information content (AvgIpc) is 2.75. The predicted octanol–water partition coefficient (Wildman–Crippen LogP) is 3.13. The molecule has 30 heavy (non-hydrogen) atoms. The first kappa shape index (κ1) is 20.7. The lowest BCUT2D eigenvalue weighted by atomic mass is 10.2. The Morgan fingerprint density at radius 3 is 2.27 bits per heavy atom. The Hall–Kier alpha value is -4.05. The maximum atomic E-state index is 12.2. The number of hydrogen-bond acceptors (Lipinski definition) is 7. The van der Waals surface area contributed by atoms with Crippen molar-refractivity contribution >= 4 is 27.9 Å². The fourth-order valence-electron chi connectivity index (χ4n) is 2.41. The number of nitro benzene ring substituents is 1. The van der Waals surface area contributed by atoms with Gasteiger partial charge in [-0.05, 0) is 48.0 Å². The van der Waals surface area contributed by atoms with E-state index in [1.54, 1.807) is 30.3 Å². The Morgan fingerprint density at radius 2 is 1.60 bits per heavy atom. The molecule has 0 bridgehead atoms. The van der Waals surface area contributed by atoms with Gasteiger partial charge in [0.1, 0.15) is 11.3 Å². The van der Waals surface area contributed by atoms with Gasteiger partial charge in [0.25, 0.3) is 15.7 Å². The normalized spacial score (nSPS) is 11.2. The summed E-state index contributed by atoms with van der Waals surface area (Å²) < 4.78 is 29.3. The van der Waals surface area contributed by atoms with E-state index in [2.05, 4.69) is 9.93 Å². The van der Waals surface area contributed by atoms with Crippen LogP contribution in [0.4, 0.5) is 5.69 Å². The average molecular weight is 425 g/mol. The Kier molecular flexibility index (Phi) is 6.18. The zero-order valence-electron chi connectivity index (χ0n) is 15.3. The quantitative estimate of drug-likeness (QED) is 0.204. The van der Waals surface area contributed by atoms with Crippen molar-refractivity contribution in [3.63, 3.8) is 0 Å². The molecule has 3 rings (SSSR count). The van der Waals surface area contributed by atoms with Crippen LogP contribution >= 0.6 is 0 Å². The molecule has 0 heterocycles. The SMILES string of the molecule is O=C(Oc1ccc(/C=N\NS(=O)(=O)c2ccccc2)cc1)c1ccccc1[N+](=O)[O-]. The largest absolute Gasteiger partial charge is 0.423 e. The van der Waals surface area contributed by atoms with Gasteiger partial charge in [0.05, 0.1) is 16.0 Å². The smallest absolute Gasteiger partial charge is 0.350 e. The number of para-hydroxylation sites is 1. The molecule has 0 aliphatic heterocycles. The molecule has 1 N–H and O–H groups in total. The minimum absolute atomic E-state index is 0.0828. The second-order valence-electron chi connectivity index (χ2n) is 5.90. The molecule has 0 radical (unpaired) electrons. The number of nitrogens with zero attached hydrogens (tertiary/aromatic N) is 2. The lowest BCUT2D eigenvalue weighted by Crippen LogP contribution is -2.18. The van der Waals surface area contributed by atoms with Gasteiger partial charge >= 0.3 is 5.97 Å². The third-order valence-electron chi connectivity index (χ3n) is 3.85. The number of ether oxygens (including phenoxy) is 1. The first-order valence-electron chi connectivity index (χ1n) is 8.52. The third kappa shape index (κ3) is 5.06. The number of carbonyl (C=O) groups excluding carboxylic acids is 1. The van der Waals surface area contributed by atoms with Crippen molar-refractivity contribution in [2.24, 2.45) is 5.10 Å². The van der Waals surface area contributed by atoms with E-state index in [1.165, 1.54) is 54.7 Å². The first-order valence-corrected chi connectivity index (χ1v) is 10.0. The number of nitro groups is 1. The Labute approximate surface area is 171 Å². The van der Waals surface area contributed by atoms with Gasteiger partial charge in [-0.25, -0.2) is 9.63 Å². The van der Waals surface area contributed by atoms with Gasteiger partial charge in [-0.1, -0.05) is 30.3 Å². The third-order valence-corrected chi connectivity index (χ3v) is 5.09. The summed E-state index contributed by atoms with van der Waals surface area (Å²) in [4.78, 5) is 24.8. The zero-order chi connectivity index (χ0) is 21.6. The molecular weight excluding hydrogens is 410 g/mol. The van der Waals surface area contributed by atoms with E-state index >= 15 is 0 Å². The van der Waals surface area contributed by atoms with E-state index < -0.39 is 20.9 Å². The number of esters is 1. The fraction of sp³-hybridized carbons (Fsp3) is 0. The van der Waals surface area contributed by atoms with Crippen LogP contribution < -0.4 is 9.57 Å². The van der Waals surface area contributed by atoms with Gasteiger partial charge in [-0.2, -0.15) is 13.5 Å². The number of hydrazone groups is 1. The highest BCUT2D eigenvalue weighted by molar-refractivity contribution is 7.89. The summed E-state index contributed by atoms with van der Waals surface area (Å²) >= 11 is 0. The Balaban J connectivity index is 1.65. The van der Waals surface area contributed by atoms with E-state index in [0.717, 1.165) is 0 Å². The molecule has 0 atom stereocenters. The Bertz CT molecular complexity index is 1190. The predicted molar refractivity (Wildman–Crippen MR) is 109 cm³/mol. The molecule has 0 fully saturated rings. The van der Waals surface area contributed by atoms with E-state index in [0.29, 0.717) is 5.56 Å². The molecule has 9 nitrogen and oxygen atoms in total. The van der Waals surface area contributed by atoms with Gasteiger partial charge < -0.3 is 4.74 Å². The van der Waals surface area contributed by atoms with E-state index in [4.69, 9.17) is 4.74 Å². The molecule has 0 aliphatic rings. The zero-order valence-corrected chi connectivity index (χ0v) is 16.2. The van der Waals surface area contributed by atoms with Crippen molar-refractivity contribution in [2.45, 2.75) is 4.90 Å². The van der Waals surface area contributed by atoms with Crippen LogP contribution in [0.25, 0.3) is 0 Å². The van der Waals surface area contributed by atoms with Crippen LogP contribution in [0.1, 0.15) is 15.9 Å². The van der Waals surface area contributed by atoms with Crippen LogP contribution in [0.2, 0.25) is 0 Å². The van der Waals surface area contributed by atoms with Crippen LogP contribution in [-0.4, -0.2) is 25.5 Å². The molecule has 0 spiro atoms. The van der Waals surface area contributed by atoms with Crippen LogP contribution in [0.5, 0.6) is 5.75 Å². The fourth-order valence-corrected chi connectivity index (χ4v) is 3.22. The van der Waals surface area contributed by atoms with Crippen molar-refractivity contribution in [1.29, 1.82) is 0 Å². The summed E-state index contributed by atoms with van der Waals surface area (Å²) in [6.07, 6.45) is 1.29. The van der Waals surface area contributed by atoms with E-state index in [-0.39, 0.29) is 21.9 Å². The van der Waals surface area contributed by atoms with Gasteiger partial charge in [0.15, 0.2) is 0 Å². The lowest BCUT2D eigenvalue weighted by molar-refractivity contribution is -0.385. The number of hydrogen-bond donors (Lipinski definition) is 1. The van der Waals surface area contributed by atoms with Gasteiger partial charge in [-0.15, -0.1) is 0 Å². The van der Waals surface area contributed by atoms with E-state index in [9.17, 15) is 23.3 Å². The molecule has 0 unspecified atom stereocenters. The van der Waals surface area contributed by atoms with Crippen molar-refractivity contribution in [2.75, 3.05) is 0 Å². The molecule has 3 aromatic carbocycles. The van der Waals surface area contributed by atoms with E-state index in [1.807, 2.05) is 0 Å². The molecule has 0 saturated heterocycles. The maximum absolute atomic E-state index is 12.2. The minimum Gasteiger partial charge on any atom is -0.423 e. The van der Waals surface area contributed by atoms with Gasteiger partial charge in [-0.3, -0.25) is 10.1 Å². The summed E-state index contributed by atoms with van der Waals surface area (Å²) in [5, 5.41) is 14.7. The highest BCUT2D eigenvalue weighted by atomic mass is 32.2. The number of carbonyl (C=O) groups is 1. The van der Waals surface area contributed by atoms with Gasteiger partial charge in [0.2, 0.25) is 0 Å². The summed E-state index contributed by atoms with van der Waals surface area (Å²) in [5.74, 6) is -0.695. The molecule has 10 heteroatoms. The second-order valence-corrected chi connectivity index (χ2v) is 7.56. The topological polar surface area (TPSA) is 128 Å². The number of rotatable bonds is 7. The van der Waals surface area contributed by atoms with Crippen LogP contribution in [0.3, 0.4) is 0 Å². The van der Waals surface area contributed by atoms with Crippen molar-refractivity contribution in [3.05, 3.63) is 100 Å². The molecule has 0 saturated carbocycles. The summed E-state index contributed by atoms with van der Waals surface area (Å²) in [6.45, 7) is 0. The molecular formula is C20H15N3O6S. The van der Waals surface area contributed by atoms with Crippen LogP contribution in [-0.2, 0) is 10.0 Å². The van der Waals surface area contributed by atoms with Crippen molar-refractivity contribution in [1.82, 2.24) is 4.83 Å². The van der Waals surface area contributed by atoms with Gasteiger partial charge in [0, 0.05) is 6.07 Å². The lowest BCUT2D eigenvalue weighted by Gasteiger charge is -2.05. The van der Waals surface area contributed by atoms with Crippen molar-refractivity contribution in [3.8, 4) is 5.75 Å². The minimum atomic E-state index is -3.77. The molecule has 152 valence electrons. The number of nitrogens with one attached hydrogen (secondary N) is 1. The highest BCUT2D eigenvalue weighted by Gasteiger charge is 2.21. The summed E-state index contributed by atoms with van der Waals surface area (Å²) in [7, 11) is -3.77. The first-order chi connectivity index (χ1) is 14.4. The standard InChI is InChI=1S/C20H15N3O6S/c24-20(18-8-4-5-9-19(18)23(25)26)29-16-12-10-15(11-13-16)14-21-22-30(27,28)17-6-2-1-3-7-17/h1-14,22H/b21-14-. The summed E-state index contributed by atoms with van der Waals surface area (Å²) in [5.41, 5.74) is 0.0247. The molecule has 3 aromatic rings. The molecule has 0 aliphatic carbocycles. The number of benzene rings is 3. The Morgan fingerprint density at radius 1 is 0.967 bits per heavy atom. The van der Waals surface area contributed by atoms with Crippen LogP contribution in [0, 0.1) is 10.1 Å². The maximum Gasteiger partial charge on any atom is 0.350 e. The van der Waals surface area contributed by atoms with Crippen molar-refractivity contribution < 1.29 is 22.9 Å². The molecule has 0 aromatic heterocycles.